The van der Waals surface area contributed by atoms with Crippen LogP contribution in [0.3, 0.4) is 0 Å². The summed E-state index contributed by atoms with van der Waals surface area (Å²) in [7, 11) is 0. The predicted molar refractivity (Wildman–Crippen MR) is 290 cm³/mol. The number of unbranched alkanes of at least 4 members (excludes halogenated alkanes) is 33. The highest BCUT2D eigenvalue weighted by atomic mass is 16.6. The van der Waals surface area contributed by atoms with E-state index < -0.39 is 42.3 Å². The molecule has 0 aliphatic carbocycles. The van der Waals surface area contributed by atoms with Crippen molar-refractivity contribution in [1.82, 2.24) is 0 Å². The monoisotopic (exact) mass is 977 g/mol. The zero-order chi connectivity index (χ0) is 50.9. The molecule has 0 radical (unpaired) electrons. The Labute approximate surface area is 428 Å². The molecule has 0 saturated heterocycles. The largest absolute Gasteiger partial charge is 0.466 e. The smallest absolute Gasteiger partial charge is 0.351 e. The highest BCUT2D eigenvalue weighted by Crippen LogP contribution is 2.27. The molecule has 8 nitrogen and oxygen atoms in total. The van der Waals surface area contributed by atoms with Gasteiger partial charge in [0.05, 0.1) is 32.7 Å². The van der Waals surface area contributed by atoms with Crippen molar-refractivity contribution in [3.63, 3.8) is 0 Å². The standard InChI is InChI=1S/C61H116O8/c1-8-45-57(62)69-61(60(65)68-51-44-38-32-26-20-14-11-17-23-29-35-41-48-56(6)7,52-58(63)66-49-42-36-30-24-18-12-9-15-21-27-33-39-46-54(2)3)53-59(64)67-50-43-37-31-25-19-13-10-16-22-28-34-40-47-55(4)5/h54-56H,8-53H2,1-7H3. The second-order valence-electron chi connectivity index (χ2n) is 22.4. The van der Waals surface area contributed by atoms with Gasteiger partial charge in [0.25, 0.3) is 0 Å². The molecule has 69 heavy (non-hydrogen) atoms. The summed E-state index contributed by atoms with van der Waals surface area (Å²) in [4.78, 5) is 53.8. The van der Waals surface area contributed by atoms with E-state index in [0.717, 1.165) is 62.7 Å². The second-order valence-corrected chi connectivity index (χ2v) is 22.4. The van der Waals surface area contributed by atoms with E-state index in [4.69, 9.17) is 18.9 Å². The van der Waals surface area contributed by atoms with Crippen LogP contribution in [0.15, 0.2) is 0 Å². The topological polar surface area (TPSA) is 105 Å². The van der Waals surface area contributed by atoms with E-state index in [9.17, 15) is 19.2 Å². The highest BCUT2D eigenvalue weighted by Gasteiger charge is 2.49. The average molecular weight is 978 g/mol. The molecule has 0 unspecified atom stereocenters. The van der Waals surface area contributed by atoms with E-state index in [0.29, 0.717) is 25.7 Å². The molecule has 0 spiro atoms. The van der Waals surface area contributed by atoms with Crippen LogP contribution in [0.1, 0.15) is 325 Å². The molecule has 0 aliphatic heterocycles. The number of carbonyl (C=O) groups excluding carboxylic acids is 4. The molecule has 0 atom stereocenters. The Hall–Kier alpha value is -2.12. The Morgan fingerprint density at radius 1 is 0.319 bits per heavy atom. The molecule has 0 saturated carbocycles. The number of esters is 4. The van der Waals surface area contributed by atoms with Gasteiger partial charge in [0, 0.05) is 6.42 Å². The predicted octanol–water partition coefficient (Wildman–Crippen LogP) is 18.7. The molecule has 8 heteroatoms. The normalized spacial score (nSPS) is 11.8. The average Bonchev–Trinajstić information content (AvgIpc) is 3.29. The minimum Gasteiger partial charge on any atom is -0.466 e. The fourth-order valence-electron chi connectivity index (χ4n) is 9.30. The summed E-state index contributed by atoms with van der Waals surface area (Å²) in [6, 6.07) is 0. The summed E-state index contributed by atoms with van der Waals surface area (Å²) in [5, 5.41) is 0. The Bertz CT molecular complexity index is 1110. The van der Waals surface area contributed by atoms with Crippen molar-refractivity contribution >= 4 is 23.9 Å². The Morgan fingerprint density at radius 3 is 0.797 bits per heavy atom. The van der Waals surface area contributed by atoms with Gasteiger partial charge in [-0.05, 0) is 43.4 Å². The first kappa shape index (κ1) is 66.9. The molecule has 0 rings (SSSR count). The van der Waals surface area contributed by atoms with Crippen molar-refractivity contribution in [2.24, 2.45) is 17.8 Å². The van der Waals surface area contributed by atoms with Crippen LogP contribution in [-0.4, -0.2) is 49.3 Å². The summed E-state index contributed by atoms with van der Waals surface area (Å²) in [6.07, 6.45) is 46.7. The van der Waals surface area contributed by atoms with Gasteiger partial charge in [-0.15, -0.1) is 0 Å². The maximum Gasteiger partial charge on any atom is 0.351 e. The van der Waals surface area contributed by atoms with E-state index in [1.165, 1.54) is 186 Å². The molecule has 0 aromatic carbocycles. The minimum absolute atomic E-state index is 0.0499. The highest BCUT2D eigenvalue weighted by molar-refractivity contribution is 5.92. The maximum absolute atomic E-state index is 14.0. The summed E-state index contributed by atoms with van der Waals surface area (Å²) in [6.45, 7) is 16.2. The van der Waals surface area contributed by atoms with Crippen LogP contribution in [-0.2, 0) is 38.1 Å². The van der Waals surface area contributed by atoms with Crippen molar-refractivity contribution in [3.8, 4) is 0 Å². The van der Waals surface area contributed by atoms with E-state index >= 15 is 0 Å². The van der Waals surface area contributed by atoms with Crippen molar-refractivity contribution in [2.75, 3.05) is 19.8 Å². The fraction of sp³-hybridized carbons (Fsp3) is 0.934. The van der Waals surface area contributed by atoms with Gasteiger partial charge in [-0.3, -0.25) is 14.4 Å². The first-order valence-electron chi connectivity index (χ1n) is 30.1. The molecule has 0 fully saturated rings. The maximum atomic E-state index is 14.0. The van der Waals surface area contributed by atoms with E-state index in [1.54, 1.807) is 0 Å². The molecule has 0 aromatic rings. The Morgan fingerprint density at radius 2 is 0.551 bits per heavy atom. The first-order chi connectivity index (χ1) is 33.4. The Kier molecular flexibility index (Phi) is 47.9. The van der Waals surface area contributed by atoms with Gasteiger partial charge in [-0.2, -0.15) is 0 Å². The number of hydrogen-bond acceptors (Lipinski definition) is 8. The molecule has 0 heterocycles. The van der Waals surface area contributed by atoms with Crippen LogP contribution >= 0.6 is 0 Å². The van der Waals surface area contributed by atoms with Gasteiger partial charge in [0.15, 0.2) is 0 Å². The number of ether oxygens (including phenoxy) is 4. The number of hydrogen-bond donors (Lipinski definition) is 0. The van der Waals surface area contributed by atoms with E-state index in [2.05, 4.69) is 41.5 Å². The molecular weight excluding hydrogens is 861 g/mol. The summed E-state index contributed by atoms with van der Waals surface area (Å²) < 4.78 is 22.8. The van der Waals surface area contributed by atoms with Crippen molar-refractivity contribution in [2.45, 2.75) is 330 Å². The third kappa shape index (κ3) is 46.7. The minimum atomic E-state index is -2.13. The lowest BCUT2D eigenvalue weighted by Gasteiger charge is -2.30. The van der Waals surface area contributed by atoms with Gasteiger partial charge >= 0.3 is 23.9 Å². The molecule has 0 aromatic heterocycles. The molecular formula is C61H116O8. The first-order valence-corrected chi connectivity index (χ1v) is 30.1. The zero-order valence-electron chi connectivity index (χ0n) is 47.0. The zero-order valence-corrected chi connectivity index (χ0v) is 47.0. The quantitative estimate of drug-likeness (QED) is 0.0337. The molecule has 0 amide bonds. The fourth-order valence-corrected chi connectivity index (χ4v) is 9.30. The van der Waals surface area contributed by atoms with Crippen molar-refractivity contribution < 1.29 is 38.1 Å². The van der Waals surface area contributed by atoms with Crippen LogP contribution < -0.4 is 0 Å². The summed E-state index contributed by atoms with van der Waals surface area (Å²) >= 11 is 0. The van der Waals surface area contributed by atoms with E-state index in [-0.39, 0.29) is 26.2 Å². The van der Waals surface area contributed by atoms with Gasteiger partial charge in [-0.1, -0.05) is 280 Å². The molecule has 0 bridgehead atoms. The Balaban J connectivity index is 4.98. The SMILES string of the molecule is CCCC(=O)OC(CC(=O)OCCCCCCCCCCCCCCC(C)C)(CC(=O)OCCCCCCCCCCCCCCC(C)C)C(=O)OCCCCCCCCCCCCCCC(C)C. The van der Waals surface area contributed by atoms with Crippen LogP contribution in [0.2, 0.25) is 0 Å². The third-order valence-corrected chi connectivity index (χ3v) is 13.8. The van der Waals surface area contributed by atoms with Crippen molar-refractivity contribution in [3.05, 3.63) is 0 Å². The molecule has 0 N–H and O–H groups in total. The summed E-state index contributed by atoms with van der Waals surface area (Å²) in [5.74, 6) is -0.447. The lowest BCUT2D eigenvalue weighted by Crippen LogP contribution is -2.48. The van der Waals surface area contributed by atoms with Crippen molar-refractivity contribution in [1.29, 1.82) is 0 Å². The van der Waals surface area contributed by atoms with Crippen LogP contribution in [0, 0.1) is 17.8 Å². The molecule has 0 aliphatic rings. The van der Waals surface area contributed by atoms with Gasteiger partial charge in [-0.25, -0.2) is 4.79 Å². The van der Waals surface area contributed by atoms with E-state index in [1.807, 2.05) is 6.92 Å². The molecule has 408 valence electrons. The van der Waals surface area contributed by atoms with Gasteiger partial charge < -0.3 is 18.9 Å². The van der Waals surface area contributed by atoms with Crippen LogP contribution in [0.25, 0.3) is 0 Å². The lowest BCUT2D eigenvalue weighted by atomic mass is 9.94. The van der Waals surface area contributed by atoms with Gasteiger partial charge in [0.2, 0.25) is 5.60 Å². The number of rotatable bonds is 53. The van der Waals surface area contributed by atoms with Crippen LogP contribution in [0.5, 0.6) is 0 Å². The lowest BCUT2D eigenvalue weighted by molar-refractivity contribution is -0.191. The third-order valence-electron chi connectivity index (χ3n) is 13.8. The second kappa shape index (κ2) is 49.5. The summed E-state index contributed by atoms with van der Waals surface area (Å²) in [5.41, 5.74) is -2.13. The van der Waals surface area contributed by atoms with Crippen LogP contribution in [0.4, 0.5) is 0 Å². The van der Waals surface area contributed by atoms with Gasteiger partial charge in [0.1, 0.15) is 0 Å². The number of carbonyl (C=O) groups is 4.